The molecule has 0 aliphatic rings. The normalized spacial score (nSPS) is 13.0. The van der Waals surface area contributed by atoms with Crippen LogP contribution in [0.3, 0.4) is 0 Å². The molecule has 0 fully saturated rings. The molecule has 0 bridgehead atoms. The SMILES string of the molecule is CS/C(=N/N=C/c1ccc2ccccc2n1)SS/C(=N/N=C/c1ccc2ccccc2n1)SC. The molecule has 10 heteroatoms. The molecule has 0 spiro atoms. The Morgan fingerprint density at radius 1 is 0.618 bits per heavy atom. The Morgan fingerprint density at radius 3 is 1.50 bits per heavy atom. The maximum absolute atomic E-state index is 4.58. The van der Waals surface area contributed by atoms with Crippen molar-refractivity contribution in [2.45, 2.75) is 0 Å². The highest BCUT2D eigenvalue weighted by molar-refractivity contribution is 8.93. The van der Waals surface area contributed by atoms with E-state index in [1.807, 2.05) is 85.3 Å². The summed E-state index contributed by atoms with van der Waals surface area (Å²) in [6.07, 6.45) is 7.27. The molecule has 0 aliphatic carbocycles. The number of benzene rings is 2. The van der Waals surface area contributed by atoms with Crippen LogP contribution in [0.5, 0.6) is 0 Å². The van der Waals surface area contributed by atoms with Gasteiger partial charge in [-0.15, -0.1) is 33.7 Å². The second-order valence-electron chi connectivity index (χ2n) is 6.65. The van der Waals surface area contributed by atoms with Crippen LogP contribution in [-0.4, -0.2) is 43.7 Å². The second-order valence-corrected chi connectivity index (χ2v) is 10.9. The molecule has 34 heavy (non-hydrogen) atoms. The zero-order chi connectivity index (χ0) is 23.6. The molecule has 4 aromatic rings. The van der Waals surface area contributed by atoms with Crippen molar-refractivity contribution < 1.29 is 0 Å². The van der Waals surface area contributed by atoms with Gasteiger partial charge in [0.1, 0.15) is 0 Å². The van der Waals surface area contributed by atoms with Gasteiger partial charge < -0.3 is 0 Å². The number of fused-ring (bicyclic) bond motifs is 2. The fourth-order valence-corrected chi connectivity index (χ4v) is 6.40. The Bertz CT molecular complexity index is 1290. The topological polar surface area (TPSA) is 75.2 Å². The van der Waals surface area contributed by atoms with Gasteiger partial charge in [-0.3, -0.25) is 0 Å². The van der Waals surface area contributed by atoms with Crippen LogP contribution in [-0.2, 0) is 0 Å². The predicted octanol–water partition coefficient (Wildman–Crippen LogP) is 6.97. The highest BCUT2D eigenvalue weighted by atomic mass is 33.1. The summed E-state index contributed by atoms with van der Waals surface area (Å²) in [5.41, 5.74) is 3.41. The van der Waals surface area contributed by atoms with Gasteiger partial charge in [0.05, 0.1) is 34.9 Å². The van der Waals surface area contributed by atoms with Gasteiger partial charge in [-0.25, -0.2) is 9.97 Å². The van der Waals surface area contributed by atoms with Gasteiger partial charge in [0, 0.05) is 10.8 Å². The monoisotopic (exact) mass is 520 g/mol. The minimum atomic E-state index is 0.767. The number of hydrogen-bond donors (Lipinski definition) is 0. The Labute approximate surface area is 214 Å². The molecule has 0 unspecified atom stereocenters. The molecule has 170 valence electrons. The summed E-state index contributed by atoms with van der Waals surface area (Å²) < 4.78 is 1.62. The fourth-order valence-electron chi connectivity index (χ4n) is 2.83. The molecule has 0 radical (unpaired) electrons. The Kier molecular flexibility index (Phi) is 9.14. The van der Waals surface area contributed by atoms with E-state index in [0.717, 1.165) is 41.9 Å². The maximum atomic E-state index is 4.58. The van der Waals surface area contributed by atoms with E-state index >= 15 is 0 Å². The van der Waals surface area contributed by atoms with Crippen molar-refractivity contribution in [2.75, 3.05) is 12.5 Å². The summed E-state index contributed by atoms with van der Waals surface area (Å²) >= 11 is 3.05. The molecule has 2 aromatic heterocycles. The van der Waals surface area contributed by atoms with Crippen LogP contribution >= 0.6 is 45.1 Å². The first-order valence-corrected chi connectivity index (χ1v) is 14.7. The molecule has 2 aromatic carbocycles. The molecule has 4 rings (SSSR count). The molecule has 2 heterocycles. The molecular weight excluding hydrogens is 501 g/mol. The third-order valence-electron chi connectivity index (χ3n) is 4.43. The molecule has 0 saturated carbocycles. The minimum absolute atomic E-state index is 0.767. The highest BCUT2D eigenvalue weighted by Gasteiger charge is 2.05. The summed E-state index contributed by atoms with van der Waals surface area (Å²) in [5, 5.41) is 19.3. The van der Waals surface area contributed by atoms with Crippen molar-refractivity contribution in [1.82, 2.24) is 9.97 Å². The van der Waals surface area contributed by atoms with Crippen molar-refractivity contribution >= 4 is 88.1 Å². The highest BCUT2D eigenvalue weighted by Crippen LogP contribution is 2.32. The van der Waals surface area contributed by atoms with E-state index in [4.69, 9.17) is 0 Å². The molecule has 0 amide bonds. The zero-order valence-corrected chi connectivity index (χ0v) is 21.7. The number of nitrogens with zero attached hydrogens (tertiary/aromatic N) is 6. The Morgan fingerprint density at radius 2 is 1.06 bits per heavy atom. The van der Waals surface area contributed by atoms with Crippen molar-refractivity contribution in [3.63, 3.8) is 0 Å². The van der Waals surface area contributed by atoms with Gasteiger partial charge in [0.25, 0.3) is 0 Å². The second kappa shape index (κ2) is 12.7. The lowest BCUT2D eigenvalue weighted by Gasteiger charge is -2.01. The molecule has 0 N–H and O–H groups in total. The minimum Gasteiger partial charge on any atom is -0.247 e. The number of para-hydroxylation sites is 2. The van der Waals surface area contributed by atoms with Crippen molar-refractivity contribution in [3.05, 3.63) is 84.2 Å². The van der Waals surface area contributed by atoms with Crippen LogP contribution in [0.25, 0.3) is 21.8 Å². The Hall–Kier alpha value is -2.66. The molecular formula is C24H20N6S4. The number of rotatable bonds is 4. The first kappa shape index (κ1) is 24.5. The summed E-state index contributed by atoms with van der Waals surface area (Å²) in [5.74, 6) is 0. The third kappa shape index (κ3) is 6.92. The van der Waals surface area contributed by atoms with E-state index in [1.165, 1.54) is 45.1 Å². The van der Waals surface area contributed by atoms with Crippen LogP contribution in [0.2, 0.25) is 0 Å². The molecule has 0 atom stereocenters. The van der Waals surface area contributed by atoms with Gasteiger partial charge >= 0.3 is 0 Å². The number of hydrogen-bond acceptors (Lipinski definition) is 10. The lowest BCUT2D eigenvalue weighted by molar-refractivity contribution is 1.26. The van der Waals surface area contributed by atoms with E-state index in [0.29, 0.717) is 0 Å². The third-order valence-corrected chi connectivity index (χ3v) is 9.16. The van der Waals surface area contributed by atoms with Crippen LogP contribution < -0.4 is 0 Å². The van der Waals surface area contributed by atoms with E-state index in [2.05, 4.69) is 30.4 Å². The zero-order valence-electron chi connectivity index (χ0n) is 18.4. The van der Waals surface area contributed by atoms with Crippen molar-refractivity contribution in [2.24, 2.45) is 20.4 Å². The maximum Gasteiger partial charge on any atom is 0.163 e. The summed E-state index contributed by atoms with van der Waals surface area (Å²) in [7, 11) is 2.99. The van der Waals surface area contributed by atoms with Gasteiger partial charge in [0.2, 0.25) is 0 Å². The molecule has 0 saturated heterocycles. The summed E-state index contributed by atoms with van der Waals surface area (Å²) in [6.45, 7) is 0. The quantitative estimate of drug-likeness (QED) is 0.125. The van der Waals surface area contributed by atoms with E-state index in [9.17, 15) is 0 Å². The number of pyridine rings is 2. The predicted molar refractivity (Wildman–Crippen MR) is 156 cm³/mol. The van der Waals surface area contributed by atoms with Crippen molar-refractivity contribution in [1.29, 1.82) is 0 Å². The Balaban J connectivity index is 1.36. The number of thioether (sulfide) groups is 2. The average molecular weight is 521 g/mol. The summed E-state index contributed by atoms with van der Waals surface area (Å²) in [6, 6.07) is 23.9. The van der Waals surface area contributed by atoms with Gasteiger partial charge in [-0.2, -0.15) is 10.2 Å². The first-order valence-electron chi connectivity index (χ1n) is 10.1. The van der Waals surface area contributed by atoms with Crippen molar-refractivity contribution in [3.8, 4) is 0 Å². The standard InChI is InChI=1S/C24H20N6S4/c1-31-23(29-25-15-19-13-11-17-7-3-5-9-21(17)27-19)33-34-24(32-2)30-26-16-20-14-12-18-8-4-6-10-22(18)28-20/h3-16H,1-2H3/b25-15+,26-16+,29-23-,30-24+. The lowest BCUT2D eigenvalue weighted by Crippen LogP contribution is -1.89. The molecule has 0 aliphatic heterocycles. The van der Waals surface area contributed by atoms with Crippen LogP contribution in [0.15, 0.2) is 93.2 Å². The van der Waals surface area contributed by atoms with Gasteiger partial charge in [0.15, 0.2) is 8.75 Å². The number of aromatic nitrogens is 2. The van der Waals surface area contributed by atoms with Gasteiger partial charge in [-0.05, 0) is 58.4 Å². The van der Waals surface area contributed by atoms with E-state index in [1.54, 1.807) is 12.4 Å². The van der Waals surface area contributed by atoms with Gasteiger partial charge in [-0.1, -0.05) is 48.5 Å². The summed E-state index contributed by atoms with van der Waals surface area (Å²) in [4.78, 5) is 9.16. The lowest BCUT2D eigenvalue weighted by atomic mass is 10.2. The largest absolute Gasteiger partial charge is 0.247 e. The first-order chi connectivity index (χ1) is 16.7. The van der Waals surface area contributed by atoms with E-state index in [-0.39, 0.29) is 0 Å². The van der Waals surface area contributed by atoms with Crippen LogP contribution in [0.4, 0.5) is 0 Å². The smallest absolute Gasteiger partial charge is 0.163 e. The average Bonchev–Trinajstić information content (AvgIpc) is 2.89. The molecule has 6 nitrogen and oxygen atoms in total. The van der Waals surface area contributed by atoms with E-state index < -0.39 is 0 Å². The fraction of sp³-hybridized carbons (Fsp3) is 0.0833. The van der Waals surface area contributed by atoms with Crippen LogP contribution in [0.1, 0.15) is 11.4 Å². The van der Waals surface area contributed by atoms with Crippen LogP contribution in [0, 0.1) is 0 Å².